The van der Waals surface area contributed by atoms with Gasteiger partial charge in [0.15, 0.2) is 5.82 Å². The van der Waals surface area contributed by atoms with E-state index in [4.69, 9.17) is 0 Å². The molecule has 2 aliphatic heterocycles. The number of benzene rings is 1. The zero-order chi connectivity index (χ0) is 28.1. The molecular formula is C21H14F9N5O3. The molecule has 4 rings (SSSR count). The van der Waals surface area contributed by atoms with Crippen LogP contribution in [0.3, 0.4) is 0 Å². The summed E-state index contributed by atoms with van der Waals surface area (Å²) in [6, 6.07) is -1.22. The average Bonchev–Trinajstić information content (AvgIpc) is 3.45. The molecule has 2 aromatic rings. The average molecular weight is 555 g/mol. The van der Waals surface area contributed by atoms with Gasteiger partial charge in [-0.15, -0.1) is 0 Å². The maximum absolute atomic E-state index is 14.3. The SMILES string of the molecule is O=C(NC1CONC1=O)c1cnc(C2=NCC(c3cc(C(F)(F)F)cc(C(F)(F)F)c3)(C(F)(F)F)C2)nc1. The molecule has 2 unspecified atom stereocenters. The first-order chi connectivity index (χ1) is 17.5. The summed E-state index contributed by atoms with van der Waals surface area (Å²) in [7, 11) is 0. The Morgan fingerprint density at radius 2 is 1.55 bits per heavy atom. The number of hydrogen-bond donors (Lipinski definition) is 2. The molecule has 1 aromatic heterocycles. The molecule has 1 saturated heterocycles. The molecule has 204 valence electrons. The number of aliphatic imine (C=N–C) groups is 1. The highest BCUT2D eigenvalue weighted by Gasteiger charge is 2.59. The van der Waals surface area contributed by atoms with E-state index >= 15 is 0 Å². The largest absolute Gasteiger partial charge is 0.416 e. The summed E-state index contributed by atoms with van der Waals surface area (Å²) in [5.74, 6) is -1.86. The van der Waals surface area contributed by atoms with Crippen LogP contribution < -0.4 is 10.8 Å². The van der Waals surface area contributed by atoms with Crippen molar-refractivity contribution in [1.29, 1.82) is 0 Å². The Hall–Kier alpha value is -3.76. The summed E-state index contributed by atoms with van der Waals surface area (Å²) >= 11 is 0. The predicted octanol–water partition coefficient (Wildman–Crippen LogP) is 3.37. The number of hydroxylamine groups is 1. The molecule has 1 aromatic carbocycles. The Morgan fingerprint density at radius 1 is 0.974 bits per heavy atom. The molecule has 0 aliphatic carbocycles. The van der Waals surface area contributed by atoms with Crippen molar-refractivity contribution in [3.05, 3.63) is 58.7 Å². The van der Waals surface area contributed by atoms with Crippen LogP contribution in [0, 0.1) is 0 Å². The molecule has 2 amide bonds. The maximum Gasteiger partial charge on any atom is 0.416 e. The van der Waals surface area contributed by atoms with Gasteiger partial charge in [0, 0.05) is 18.8 Å². The summed E-state index contributed by atoms with van der Waals surface area (Å²) in [4.78, 5) is 39.6. The van der Waals surface area contributed by atoms with Gasteiger partial charge in [0.05, 0.1) is 28.9 Å². The third-order valence-corrected chi connectivity index (χ3v) is 5.91. The van der Waals surface area contributed by atoms with Gasteiger partial charge in [0.1, 0.15) is 18.1 Å². The molecule has 0 bridgehead atoms. The van der Waals surface area contributed by atoms with Gasteiger partial charge in [-0.25, -0.2) is 15.4 Å². The van der Waals surface area contributed by atoms with E-state index in [1.165, 1.54) is 0 Å². The molecule has 1 fully saturated rings. The molecule has 3 heterocycles. The second-order valence-corrected chi connectivity index (χ2v) is 8.41. The van der Waals surface area contributed by atoms with Gasteiger partial charge in [-0.2, -0.15) is 39.5 Å². The third kappa shape index (κ3) is 5.14. The van der Waals surface area contributed by atoms with E-state index in [0.29, 0.717) is 0 Å². The quantitative estimate of drug-likeness (QED) is 0.564. The van der Waals surface area contributed by atoms with Crippen molar-refractivity contribution in [2.24, 2.45) is 4.99 Å². The summed E-state index contributed by atoms with van der Waals surface area (Å²) in [5, 5.41) is 2.30. The summed E-state index contributed by atoms with van der Waals surface area (Å²) in [6.07, 6.45) is -15.3. The number of amides is 2. The Labute approximate surface area is 206 Å². The van der Waals surface area contributed by atoms with Gasteiger partial charge >= 0.3 is 18.5 Å². The van der Waals surface area contributed by atoms with Crippen molar-refractivity contribution in [2.75, 3.05) is 13.2 Å². The second kappa shape index (κ2) is 9.21. The lowest BCUT2D eigenvalue weighted by Crippen LogP contribution is -2.44. The predicted molar refractivity (Wildman–Crippen MR) is 108 cm³/mol. The van der Waals surface area contributed by atoms with E-state index in [1.807, 2.05) is 5.48 Å². The lowest BCUT2D eigenvalue weighted by Gasteiger charge is -2.32. The number of rotatable bonds is 4. The summed E-state index contributed by atoms with van der Waals surface area (Å²) in [6.45, 7) is -1.38. The smallest absolute Gasteiger partial charge is 0.338 e. The Balaban J connectivity index is 1.64. The van der Waals surface area contributed by atoms with Gasteiger partial charge in [-0.1, -0.05) is 0 Å². The van der Waals surface area contributed by atoms with Crippen LogP contribution in [-0.4, -0.2) is 52.9 Å². The minimum atomic E-state index is -5.35. The van der Waals surface area contributed by atoms with Gasteiger partial charge in [-0.3, -0.25) is 19.4 Å². The van der Waals surface area contributed by atoms with Gasteiger partial charge in [0.2, 0.25) is 0 Å². The minimum Gasteiger partial charge on any atom is -0.338 e. The number of carbonyl (C=O) groups is 2. The van der Waals surface area contributed by atoms with Gasteiger partial charge in [0.25, 0.3) is 11.8 Å². The fraction of sp³-hybridized carbons (Fsp3) is 0.381. The number of alkyl halides is 9. The molecule has 0 saturated carbocycles. The molecule has 8 nitrogen and oxygen atoms in total. The van der Waals surface area contributed by atoms with E-state index in [9.17, 15) is 49.1 Å². The Kier molecular flexibility index (Phi) is 6.61. The van der Waals surface area contributed by atoms with Gasteiger partial charge in [-0.05, 0) is 23.8 Å². The van der Waals surface area contributed by atoms with Crippen LogP contribution in [0.4, 0.5) is 39.5 Å². The first kappa shape index (κ1) is 27.3. The molecule has 2 atom stereocenters. The van der Waals surface area contributed by atoms with E-state index in [1.54, 1.807) is 0 Å². The lowest BCUT2D eigenvalue weighted by atomic mass is 9.76. The third-order valence-electron chi connectivity index (χ3n) is 5.91. The zero-order valence-electron chi connectivity index (χ0n) is 18.6. The monoisotopic (exact) mass is 555 g/mol. The molecule has 2 N–H and O–H groups in total. The van der Waals surface area contributed by atoms with Crippen molar-refractivity contribution < 1.29 is 53.9 Å². The standard InChI is InChI=1S/C21H14F9N5O3/c22-19(23,24)11-1-10(2-12(3-11)20(25,26)27)18(21(28,29)30)4-13(33-8-18)15-31-5-9(6-32-15)16(36)34-14-7-38-35-17(14)37/h1-3,5-6,14H,4,7-8H2,(H,34,36)(H,35,37). The number of nitrogens with zero attached hydrogens (tertiary/aromatic N) is 3. The van der Waals surface area contributed by atoms with Crippen molar-refractivity contribution in [2.45, 2.75) is 36.4 Å². The number of nitrogens with one attached hydrogen (secondary N) is 2. The maximum atomic E-state index is 14.3. The molecule has 0 spiro atoms. The first-order valence-electron chi connectivity index (χ1n) is 10.5. The van der Waals surface area contributed by atoms with Gasteiger partial charge < -0.3 is 5.32 Å². The number of halogens is 9. The fourth-order valence-corrected chi connectivity index (χ4v) is 3.84. The molecule has 17 heteroatoms. The topological polar surface area (TPSA) is 106 Å². The van der Waals surface area contributed by atoms with Crippen molar-refractivity contribution >= 4 is 17.5 Å². The molecule has 0 radical (unpaired) electrons. The van der Waals surface area contributed by atoms with Crippen LogP contribution in [0.15, 0.2) is 35.6 Å². The molecule has 38 heavy (non-hydrogen) atoms. The summed E-state index contributed by atoms with van der Waals surface area (Å²) < 4.78 is 122. The minimum absolute atomic E-state index is 0.0262. The highest BCUT2D eigenvalue weighted by atomic mass is 19.4. The fourth-order valence-electron chi connectivity index (χ4n) is 3.84. The van der Waals surface area contributed by atoms with Crippen LogP contribution in [0.25, 0.3) is 0 Å². The molecule has 2 aliphatic rings. The Bertz CT molecular complexity index is 1260. The Morgan fingerprint density at radius 3 is 2.03 bits per heavy atom. The first-order valence-corrected chi connectivity index (χ1v) is 10.5. The van der Waals surface area contributed by atoms with Crippen LogP contribution in [0.1, 0.15) is 39.3 Å². The van der Waals surface area contributed by atoms with Crippen LogP contribution in [0.2, 0.25) is 0 Å². The normalized spacial score (nSPS) is 22.3. The van der Waals surface area contributed by atoms with E-state index in [-0.39, 0.29) is 30.4 Å². The summed E-state index contributed by atoms with van der Waals surface area (Å²) in [5.41, 5.74) is -6.90. The zero-order valence-corrected chi connectivity index (χ0v) is 18.6. The number of hydrogen-bond acceptors (Lipinski definition) is 6. The van der Waals surface area contributed by atoms with Crippen molar-refractivity contribution in [3.63, 3.8) is 0 Å². The van der Waals surface area contributed by atoms with E-state index < -0.39 is 83.0 Å². The lowest BCUT2D eigenvalue weighted by molar-refractivity contribution is -0.184. The van der Waals surface area contributed by atoms with Crippen molar-refractivity contribution in [1.82, 2.24) is 20.8 Å². The highest BCUT2D eigenvalue weighted by molar-refractivity contribution is 6.01. The van der Waals surface area contributed by atoms with Crippen LogP contribution in [0.5, 0.6) is 0 Å². The highest BCUT2D eigenvalue weighted by Crippen LogP contribution is 2.49. The van der Waals surface area contributed by atoms with Crippen LogP contribution >= 0.6 is 0 Å². The van der Waals surface area contributed by atoms with Crippen molar-refractivity contribution in [3.8, 4) is 0 Å². The molecular weight excluding hydrogens is 541 g/mol. The van der Waals surface area contributed by atoms with E-state index in [2.05, 4.69) is 25.1 Å². The second-order valence-electron chi connectivity index (χ2n) is 8.41. The number of aromatic nitrogens is 2. The van der Waals surface area contributed by atoms with E-state index in [0.717, 1.165) is 12.4 Å². The van der Waals surface area contributed by atoms with Crippen LogP contribution in [-0.2, 0) is 27.4 Å². The number of carbonyl (C=O) groups excluding carboxylic acids is 2.